The fourth-order valence-electron chi connectivity index (χ4n) is 1.79. The number of ether oxygens (including phenoxy) is 2. The number of carbonyl (C=O) groups excluding carboxylic acids is 1. The van der Waals surface area contributed by atoms with Crippen LogP contribution in [0.1, 0.15) is 17.3 Å². The van der Waals surface area contributed by atoms with Crippen molar-refractivity contribution in [3.8, 4) is 11.5 Å². The first-order valence-electron chi connectivity index (χ1n) is 6.42. The average molecular weight is 291 g/mol. The third-order valence-corrected chi connectivity index (χ3v) is 2.87. The molecule has 21 heavy (non-hydrogen) atoms. The van der Waals surface area contributed by atoms with E-state index >= 15 is 0 Å². The smallest absolute Gasteiger partial charge is 0.161 e. The summed E-state index contributed by atoms with van der Waals surface area (Å²) in [5.41, 5.74) is 0.544. The van der Waals surface area contributed by atoms with Crippen molar-refractivity contribution in [2.45, 2.75) is 19.6 Å². The minimum Gasteiger partial charge on any atom is -0.493 e. The summed E-state index contributed by atoms with van der Waals surface area (Å²) in [5.74, 6) is 0.877. The second-order valence-electron chi connectivity index (χ2n) is 4.50. The molecule has 0 radical (unpaired) electrons. The van der Waals surface area contributed by atoms with Crippen LogP contribution >= 0.6 is 0 Å². The Morgan fingerprint density at radius 3 is 2.86 bits per heavy atom. The fraction of sp³-hybridized carbons (Fsp3) is 0.357. The Kier molecular flexibility index (Phi) is 4.89. The van der Waals surface area contributed by atoms with E-state index < -0.39 is 6.10 Å². The number of carbonyl (C=O) groups is 1. The molecule has 1 unspecified atom stereocenters. The molecular formula is C14H17N3O4. The third-order valence-electron chi connectivity index (χ3n) is 2.87. The van der Waals surface area contributed by atoms with Crippen LogP contribution in [-0.4, -0.2) is 45.5 Å². The first-order chi connectivity index (χ1) is 10.1. The summed E-state index contributed by atoms with van der Waals surface area (Å²) in [4.78, 5) is 15.1. The highest BCUT2D eigenvalue weighted by atomic mass is 16.5. The van der Waals surface area contributed by atoms with Gasteiger partial charge >= 0.3 is 0 Å². The van der Waals surface area contributed by atoms with Gasteiger partial charge in [-0.3, -0.25) is 9.48 Å². The van der Waals surface area contributed by atoms with Gasteiger partial charge in [-0.05, 0) is 25.1 Å². The van der Waals surface area contributed by atoms with E-state index in [-0.39, 0.29) is 18.9 Å². The van der Waals surface area contributed by atoms with Crippen molar-refractivity contribution in [1.29, 1.82) is 0 Å². The molecule has 7 nitrogen and oxygen atoms in total. The highest BCUT2D eigenvalue weighted by molar-refractivity contribution is 5.94. The maximum absolute atomic E-state index is 11.3. The van der Waals surface area contributed by atoms with Crippen molar-refractivity contribution < 1.29 is 19.4 Å². The monoisotopic (exact) mass is 291 g/mol. The molecule has 1 aromatic heterocycles. The summed E-state index contributed by atoms with van der Waals surface area (Å²) in [7, 11) is 1.50. The molecule has 2 rings (SSSR count). The lowest BCUT2D eigenvalue weighted by molar-refractivity contribution is 0.0877. The summed E-state index contributed by atoms with van der Waals surface area (Å²) < 4.78 is 12.2. The van der Waals surface area contributed by atoms with E-state index in [4.69, 9.17) is 9.47 Å². The van der Waals surface area contributed by atoms with Crippen molar-refractivity contribution in [2.24, 2.45) is 0 Å². The lowest BCUT2D eigenvalue weighted by atomic mass is 10.1. The predicted molar refractivity (Wildman–Crippen MR) is 74.5 cm³/mol. The van der Waals surface area contributed by atoms with Crippen LogP contribution in [0, 0.1) is 0 Å². The van der Waals surface area contributed by atoms with Crippen molar-refractivity contribution in [1.82, 2.24) is 14.8 Å². The Morgan fingerprint density at radius 1 is 1.43 bits per heavy atom. The highest BCUT2D eigenvalue weighted by Crippen LogP contribution is 2.28. The van der Waals surface area contributed by atoms with Crippen molar-refractivity contribution >= 4 is 5.78 Å². The van der Waals surface area contributed by atoms with Crippen LogP contribution in [0.3, 0.4) is 0 Å². The van der Waals surface area contributed by atoms with Crippen LogP contribution in [0.25, 0.3) is 0 Å². The van der Waals surface area contributed by atoms with Crippen LogP contribution in [0.4, 0.5) is 0 Å². The van der Waals surface area contributed by atoms with Gasteiger partial charge in [0.2, 0.25) is 0 Å². The summed E-state index contributed by atoms with van der Waals surface area (Å²) >= 11 is 0. The topological polar surface area (TPSA) is 86.5 Å². The number of hydrogen-bond acceptors (Lipinski definition) is 6. The zero-order chi connectivity index (χ0) is 15.2. The molecular weight excluding hydrogens is 274 g/mol. The number of aliphatic hydroxyl groups is 1. The second-order valence-corrected chi connectivity index (χ2v) is 4.50. The quantitative estimate of drug-likeness (QED) is 0.764. The predicted octanol–water partition coefficient (Wildman–Crippen LogP) is 0.929. The zero-order valence-corrected chi connectivity index (χ0v) is 11.9. The summed E-state index contributed by atoms with van der Waals surface area (Å²) in [6.45, 7) is 1.85. The van der Waals surface area contributed by atoms with E-state index in [1.807, 2.05) is 0 Å². The van der Waals surface area contributed by atoms with Crippen LogP contribution in [0.5, 0.6) is 11.5 Å². The Bertz CT molecular complexity index is 598. The van der Waals surface area contributed by atoms with Crippen molar-refractivity contribution in [2.75, 3.05) is 13.7 Å². The molecule has 1 N–H and O–H groups in total. The summed E-state index contributed by atoms with van der Waals surface area (Å²) in [6, 6.07) is 4.92. The molecule has 0 aliphatic rings. The molecule has 0 spiro atoms. The van der Waals surface area contributed by atoms with Crippen LogP contribution in [-0.2, 0) is 6.54 Å². The molecule has 112 valence electrons. The molecule has 0 aliphatic heterocycles. The number of nitrogens with zero attached hydrogens (tertiary/aromatic N) is 3. The first kappa shape index (κ1) is 15.0. The van der Waals surface area contributed by atoms with E-state index in [9.17, 15) is 9.90 Å². The second kappa shape index (κ2) is 6.85. The maximum atomic E-state index is 11.3. The first-order valence-corrected chi connectivity index (χ1v) is 6.42. The Morgan fingerprint density at radius 2 is 2.24 bits per heavy atom. The largest absolute Gasteiger partial charge is 0.493 e. The molecule has 0 fully saturated rings. The van der Waals surface area contributed by atoms with Gasteiger partial charge in [-0.2, -0.15) is 5.10 Å². The van der Waals surface area contributed by atoms with Gasteiger partial charge < -0.3 is 14.6 Å². The molecule has 1 heterocycles. The van der Waals surface area contributed by atoms with Crippen molar-refractivity contribution in [3.63, 3.8) is 0 Å². The lowest BCUT2D eigenvalue weighted by Gasteiger charge is -2.14. The van der Waals surface area contributed by atoms with Gasteiger partial charge in [0.25, 0.3) is 0 Å². The molecule has 1 aromatic carbocycles. The summed E-state index contributed by atoms with van der Waals surface area (Å²) in [6.07, 6.45) is 2.19. The van der Waals surface area contributed by atoms with Crippen LogP contribution in [0.2, 0.25) is 0 Å². The zero-order valence-electron chi connectivity index (χ0n) is 11.9. The molecule has 0 bridgehead atoms. The van der Waals surface area contributed by atoms with E-state index in [0.717, 1.165) is 0 Å². The van der Waals surface area contributed by atoms with Gasteiger partial charge in [-0.1, -0.05) is 0 Å². The lowest BCUT2D eigenvalue weighted by Crippen LogP contribution is -2.24. The molecule has 0 amide bonds. The van der Waals surface area contributed by atoms with E-state index in [1.54, 1.807) is 18.2 Å². The van der Waals surface area contributed by atoms with E-state index in [2.05, 4.69) is 10.1 Å². The number of methoxy groups -OCH3 is 1. The number of rotatable bonds is 7. The third kappa shape index (κ3) is 4.03. The molecule has 0 aliphatic carbocycles. The Hall–Kier alpha value is -2.41. The molecule has 0 saturated heterocycles. The van der Waals surface area contributed by atoms with Gasteiger partial charge in [0.1, 0.15) is 25.4 Å². The van der Waals surface area contributed by atoms with Crippen molar-refractivity contribution in [3.05, 3.63) is 36.4 Å². The Labute approximate surface area is 122 Å². The molecule has 7 heteroatoms. The minimum absolute atomic E-state index is 0.0499. The van der Waals surface area contributed by atoms with Crippen LogP contribution in [0.15, 0.2) is 30.9 Å². The van der Waals surface area contributed by atoms with Gasteiger partial charge in [-0.25, -0.2) is 4.98 Å². The minimum atomic E-state index is -0.733. The number of hydrogen-bond donors (Lipinski definition) is 1. The number of aromatic nitrogens is 3. The number of ketones is 1. The molecule has 0 saturated carbocycles. The normalized spacial score (nSPS) is 12.0. The average Bonchev–Trinajstić information content (AvgIpc) is 2.97. The number of Topliss-reactive ketones (excluding diaryl/α,β-unsaturated/α-hetero) is 1. The number of aliphatic hydroxyl groups excluding tert-OH is 1. The van der Waals surface area contributed by atoms with Gasteiger partial charge in [-0.15, -0.1) is 0 Å². The van der Waals surface area contributed by atoms with E-state index in [1.165, 1.54) is 31.4 Å². The van der Waals surface area contributed by atoms with Gasteiger partial charge in [0.15, 0.2) is 17.3 Å². The van der Waals surface area contributed by atoms with Gasteiger partial charge in [0, 0.05) is 5.56 Å². The molecule has 1 atom stereocenters. The SMILES string of the molecule is COc1cc(C(C)=O)ccc1OCC(O)Cn1cncn1. The van der Waals surface area contributed by atoms with Crippen LogP contribution < -0.4 is 9.47 Å². The van der Waals surface area contributed by atoms with Gasteiger partial charge in [0.05, 0.1) is 13.7 Å². The number of benzene rings is 1. The maximum Gasteiger partial charge on any atom is 0.161 e. The highest BCUT2D eigenvalue weighted by Gasteiger charge is 2.11. The fourth-order valence-corrected chi connectivity index (χ4v) is 1.79. The Balaban J connectivity index is 1.97. The van der Waals surface area contributed by atoms with E-state index in [0.29, 0.717) is 17.1 Å². The summed E-state index contributed by atoms with van der Waals surface area (Å²) in [5, 5.41) is 13.8. The molecule has 2 aromatic rings. The standard InChI is InChI=1S/C14H17N3O4/c1-10(18)11-3-4-13(14(5-11)20-2)21-7-12(19)6-17-9-15-8-16-17/h3-5,8-9,12,19H,6-7H2,1-2H3.